The van der Waals surface area contributed by atoms with Gasteiger partial charge in [0.1, 0.15) is 11.6 Å². The van der Waals surface area contributed by atoms with Crippen LogP contribution in [-0.2, 0) is 0 Å². The fourth-order valence-corrected chi connectivity index (χ4v) is 2.30. The van der Waals surface area contributed by atoms with Crippen LogP contribution in [0.5, 0.6) is 5.75 Å². The van der Waals surface area contributed by atoms with E-state index in [9.17, 15) is 4.39 Å². The smallest absolute Gasteiger partial charge is 0.122 e. The van der Waals surface area contributed by atoms with Crippen molar-refractivity contribution in [2.24, 2.45) is 0 Å². The summed E-state index contributed by atoms with van der Waals surface area (Å²) < 4.78 is 18.3. The highest BCUT2D eigenvalue weighted by atomic mass is 19.1. The first kappa shape index (κ1) is 28.4. The van der Waals surface area contributed by atoms with Gasteiger partial charge in [0.25, 0.3) is 0 Å². The zero-order valence-electron chi connectivity index (χ0n) is 19.0. The highest BCUT2D eigenvalue weighted by Gasteiger charge is 1.92. The molecular formula is C26H43FO. The van der Waals surface area contributed by atoms with Gasteiger partial charge in [-0.15, -0.1) is 0 Å². The summed E-state index contributed by atoms with van der Waals surface area (Å²) in [6.45, 7) is 14.7. The second-order valence-corrected chi connectivity index (χ2v) is 6.41. The molecule has 28 heavy (non-hydrogen) atoms. The molecule has 0 fully saturated rings. The van der Waals surface area contributed by atoms with E-state index in [4.69, 9.17) is 4.74 Å². The summed E-state index contributed by atoms with van der Waals surface area (Å²) in [7, 11) is 0. The summed E-state index contributed by atoms with van der Waals surface area (Å²) in [6.07, 6.45) is 15.8. The Morgan fingerprint density at radius 3 is 2.32 bits per heavy atom. The Labute approximate surface area is 174 Å². The third-order valence-corrected chi connectivity index (χ3v) is 3.78. The molecule has 0 N–H and O–H groups in total. The van der Waals surface area contributed by atoms with Gasteiger partial charge in [-0.3, -0.25) is 0 Å². The fraction of sp³-hybridized carbons (Fsp3) is 0.538. The van der Waals surface area contributed by atoms with E-state index in [1.807, 2.05) is 32.1 Å². The highest BCUT2D eigenvalue weighted by molar-refractivity contribution is 5.27. The van der Waals surface area contributed by atoms with Crippen molar-refractivity contribution in [1.29, 1.82) is 0 Å². The van der Waals surface area contributed by atoms with Crippen LogP contribution in [0.1, 0.15) is 84.6 Å². The molecule has 0 saturated carbocycles. The highest BCUT2D eigenvalue weighted by Crippen LogP contribution is 2.12. The van der Waals surface area contributed by atoms with Gasteiger partial charge in [0.2, 0.25) is 0 Å². The van der Waals surface area contributed by atoms with E-state index >= 15 is 0 Å². The summed E-state index contributed by atoms with van der Waals surface area (Å²) in [5.74, 6) is 0.779. The topological polar surface area (TPSA) is 9.23 Å². The number of rotatable bonds is 12. The number of benzene rings is 1. The first-order chi connectivity index (χ1) is 13.6. The van der Waals surface area contributed by atoms with Crippen LogP contribution in [0.3, 0.4) is 0 Å². The van der Waals surface area contributed by atoms with Gasteiger partial charge < -0.3 is 4.74 Å². The van der Waals surface area contributed by atoms with E-state index < -0.39 is 0 Å². The molecule has 160 valence electrons. The van der Waals surface area contributed by atoms with Crippen molar-refractivity contribution in [2.75, 3.05) is 6.61 Å². The molecule has 1 rings (SSSR count). The Balaban J connectivity index is 0. The van der Waals surface area contributed by atoms with E-state index in [2.05, 4.69) is 39.5 Å². The summed E-state index contributed by atoms with van der Waals surface area (Å²) in [5.41, 5.74) is 1.26. The molecule has 0 spiro atoms. The lowest BCUT2D eigenvalue weighted by Crippen LogP contribution is -1.96. The number of ether oxygens (including phenoxy) is 1. The molecule has 0 heterocycles. The molecule has 0 aliphatic carbocycles. The summed E-state index contributed by atoms with van der Waals surface area (Å²) in [5, 5.41) is 0. The van der Waals surface area contributed by atoms with Gasteiger partial charge >= 0.3 is 0 Å². The molecule has 2 heteroatoms. The Kier molecular flexibility index (Phi) is 23.5. The van der Waals surface area contributed by atoms with Crippen LogP contribution in [-0.4, -0.2) is 6.61 Å². The predicted octanol–water partition coefficient (Wildman–Crippen LogP) is 9.14. The zero-order chi connectivity index (χ0) is 21.5. The molecule has 0 aromatic heterocycles. The largest absolute Gasteiger partial charge is 0.494 e. The third-order valence-electron chi connectivity index (χ3n) is 3.78. The fourth-order valence-electron chi connectivity index (χ4n) is 2.30. The molecule has 1 aromatic rings. The van der Waals surface area contributed by atoms with E-state index in [1.165, 1.54) is 55.9 Å². The lowest BCUT2D eigenvalue weighted by molar-refractivity contribution is 0.306. The molecule has 0 aliphatic rings. The van der Waals surface area contributed by atoms with Crippen LogP contribution in [0, 0.1) is 6.92 Å². The normalized spacial score (nSPS) is 10.6. The zero-order valence-corrected chi connectivity index (χ0v) is 19.0. The van der Waals surface area contributed by atoms with Crippen molar-refractivity contribution < 1.29 is 9.13 Å². The van der Waals surface area contributed by atoms with Crippen molar-refractivity contribution in [3.63, 3.8) is 0 Å². The quantitative estimate of drug-likeness (QED) is 0.255. The lowest BCUT2D eigenvalue weighted by Gasteiger charge is -2.05. The summed E-state index contributed by atoms with van der Waals surface area (Å²) in [6, 6.07) is 8.20. The molecular weight excluding hydrogens is 347 g/mol. The monoisotopic (exact) mass is 390 g/mol. The average molecular weight is 391 g/mol. The molecule has 1 aromatic carbocycles. The Morgan fingerprint density at radius 2 is 1.71 bits per heavy atom. The number of allylic oxidation sites excluding steroid dienone is 5. The molecule has 0 radical (unpaired) electrons. The van der Waals surface area contributed by atoms with Crippen molar-refractivity contribution in [3.8, 4) is 5.75 Å². The van der Waals surface area contributed by atoms with Gasteiger partial charge in [-0.05, 0) is 56.0 Å². The maximum atomic E-state index is 12.7. The number of hydrogen-bond acceptors (Lipinski definition) is 1. The van der Waals surface area contributed by atoms with Crippen LogP contribution in [0.25, 0.3) is 0 Å². The molecule has 1 nitrogen and oxygen atoms in total. The summed E-state index contributed by atoms with van der Waals surface area (Å²) >= 11 is 0. The minimum atomic E-state index is -0.217. The Morgan fingerprint density at radius 1 is 1.04 bits per heavy atom. The molecule has 0 amide bonds. The second kappa shape index (κ2) is 23.2. The number of hydrogen-bond donors (Lipinski definition) is 0. The lowest BCUT2D eigenvalue weighted by atomic mass is 10.1. The van der Waals surface area contributed by atoms with Crippen LogP contribution < -0.4 is 4.74 Å². The van der Waals surface area contributed by atoms with Crippen molar-refractivity contribution in [2.45, 2.75) is 86.0 Å². The van der Waals surface area contributed by atoms with Crippen LogP contribution >= 0.6 is 0 Å². The molecule has 0 atom stereocenters. The number of aryl methyl sites for hydroxylation is 1. The number of unbranched alkanes of at least 4 members (excludes halogenated alkanes) is 6. The van der Waals surface area contributed by atoms with Crippen LogP contribution in [0.4, 0.5) is 4.39 Å². The van der Waals surface area contributed by atoms with Gasteiger partial charge in [-0.1, -0.05) is 90.7 Å². The third kappa shape index (κ3) is 20.5. The van der Waals surface area contributed by atoms with Gasteiger partial charge in [0.15, 0.2) is 0 Å². The van der Waals surface area contributed by atoms with Crippen molar-refractivity contribution in [1.82, 2.24) is 0 Å². The van der Waals surface area contributed by atoms with Crippen molar-refractivity contribution in [3.05, 3.63) is 66.5 Å². The van der Waals surface area contributed by atoms with E-state index in [0.717, 1.165) is 31.6 Å². The van der Waals surface area contributed by atoms with E-state index in [-0.39, 0.29) is 5.83 Å². The van der Waals surface area contributed by atoms with Gasteiger partial charge in [0, 0.05) is 0 Å². The minimum Gasteiger partial charge on any atom is -0.494 e. The maximum Gasteiger partial charge on any atom is 0.122 e. The second-order valence-electron chi connectivity index (χ2n) is 6.41. The average Bonchev–Trinajstić information content (AvgIpc) is 2.70. The Bertz CT molecular complexity index is 517. The first-order valence-corrected chi connectivity index (χ1v) is 11.0. The Hall–Kier alpha value is -1.83. The maximum absolute atomic E-state index is 12.7. The number of halogens is 1. The van der Waals surface area contributed by atoms with Gasteiger partial charge in [-0.2, -0.15) is 0 Å². The van der Waals surface area contributed by atoms with Crippen molar-refractivity contribution >= 4 is 0 Å². The summed E-state index contributed by atoms with van der Waals surface area (Å²) in [4.78, 5) is 0. The van der Waals surface area contributed by atoms with Crippen LogP contribution in [0.15, 0.2) is 61.0 Å². The van der Waals surface area contributed by atoms with Crippen LogP contribution in [0.2, 0.25) is 0 Å². The standard InChI is InChI=1S/C12H19F.C12H18O.C2H6/c1-3-5-6-7-8-9-11-12(13)10-4-2;1-3-4-5-9-13-12-8-6-7-11(2)10-12;1-2/h4,9-11H,2-3,5-8H2,1H3;6-8,10H,3-5,9H2,1-2H3;1-2H3/b11-9-,12-10+;;. The van der Waals surface area contributed by atoms with E-state index in [1.54, 1.807) is 0 Å². The molecule has 0 unspecified atom stereocenters. The molecule has 0 bridgehead atoms. The SMILES string of the molecule is C=C/C=C(F)\C=C/CCCCCC.CC.CCCCCOc1cccc(C)c1. The minimum absolute atomic E-state index is 0.217. The van der Waals surface area contributed by atoms with E-state index in [0.29, 0.717) is 0 Å². The predicted molar refractivity (Wildman–Crippen MR) is 125 cm³/mol. The first-order valence-electron chi connectivity index (χ1n) is 11.0. The molecule has 0 saturated heterocycles. The molecule has 0 aliphatic heterocycles. The van der Waals surface area contributed by atoms with Gasteiger partial charge in [0.05, 0.1) is 6.61 Å². The van der Waals surface area contributed by atoms with Gasteiger partial charge in [-0.25, -0.2) is 4.39 Å².